The first kappa shape index (κ1) is 8.02. The minimum absolute atomic E-state index is 0.737. The van der Waals surface area contributed by atoms with Crippen LogP contribution in [-0.4, -0.2) is 26.8 Å². The average molecular weight is 143 g/mol. The van der Waals surface area contributed by atoms with Crippen LogP contribution in [0.2, 0.25) is 0 Å². The van der Waals surface area contributed by atoms with Crippen LogP contribution in [0.3, 0.4) is 0 Å². The predicted octanol–water partition coefficient (Wildman–Crippen LogP) is 0.878. The van der Waals surface area contributed by atoms with Crippen molar-refractivity contribution in [1.29, 1.82) is 0 Å². The third kappa shape index (κ3) is 1.96. The van der Waals surface area contributed by atoms with E-state index in [1.165, 1.54) is 6.42 Å². The van der Waals surface area contributed by atoms with Crippen molar-refractivity contribution in [1.82, 2.24) is 5.32 Å². The maximum absolute atomic E-state index is 5.33. The summed E-state index contributed by atoms with van der Waals surface area (Å²) in [6.07, 6.45) is 1.22. The molecule has 60 valence electrons. The van der Waals surface area contributed by atoms with Crippen molar-refractivity contribution >= 4 is 0 Å². The van der Waals surface area contributed by atoms with Crippen LogP contribution >= 0.6 is 0 Å². The summed E-state index contributed by atoms with van der Waals surface area (Å²) in [6.45, 7) is 5.31. The molecular weight excluding hydrogens is 126 g/mol. The molecule has 1 aliphatic heterocycles. The van der Waals surface area contributed by atoms with Gasteiger partial charge in [-0.25, -0.2) is 0 Å². The van der Waals surface area contributed by atoms with Crippen molar-refractivity contribution in [2.24, 2.45) is 11.8 Å². The van der Waals surface area contributed by atoms with E-state index in [0.717, 1.165) is 31.6 Å². The van der Waals surface area contributed by atoms with Gasteiger partial charge in [-0.05, 0) is 31.8 Å². The van der Waals surface area contributed by atoms with E-state index in [1.54, 1.807) is 0 Å². The van der Waals surface area contributed by atoms with Gasteiger partial charge in [0.1, 0.15) is 0 Å². The van der Waals surface area contributed by atoms with Crippen LogP contribution in [0.4, 0.5) is 0 Å². The number of hydrogen-bond donors (Lipinski definition) is 1. The Labute approximate surface area is 63.0 Å². The zero-order valence-corrected chi connectivity index (χ0v) is 6.89. The average Bonchev–Trinajstić information content (AvgIpc) is 1.94. The second-order valence-electron chi connectivity index (χ2n) is 3.16. The molecule has 1 fully saturated rings. The Bertz CT molecular complexity index is 93.3. The molecule has 1 heterocycles. The first-order valence-electron chi connectivity index (χ1n) is 4.07. The lowest BCUT2D eigenvalue weighted by Crippen LogP contribution is -2.32. The van der Waals surface area contributed by atoms with Crippen molar-refractivity contribution in [3.63, 3.8) is 0 Å². The van der Waals surface area contributed by atoms with Gasteiger partial charge in [0.05, 0.1) is 0 Å². The Kier molecular flexibility index (Phi) is 3.16. The van der Waals surface area contributed by atoms with Crippen molar-refractivity contribution in [3.8, 4) is 0 Å². The smallest absolute Gasteiger partial charge is 0.0494 e. The molecule has 2 atom stereocenters. The Morgan fingerprint density at radius 2 is 2.40 bits per heavy atom. The molecule has 0 aromatic carbocycles. The number of nitrogens with one attached hydrogen (secondary N) is 1. The number of ether oxygens (including phenoxy) is 1. The second-order valence-corrected chi connectivity index (χ2v) is 3.16. The van der Waals surface area contributed by atoms with Crippen molar-refractivity contribution in [2.45, 2.75) is 13.3 Å². The summed E-state index contributed by atoms with van der Waals surface area (Å²) < 4.78 is 5.33. The summed E-state index contributed by atoms with van der Waals surface area (Å²) in [4.78, 5) is 0. The van der Waals surface area contributed by atoms with E-state index in [4.69, 9.17) is 4.74 Å². The number of hydrogen-bond acceptors (Lipinski definition) is 2. The topological polar surface area (TPSA) is 21.3 Å². The lowest BCUT2D eigenvalue weighted by Gasteiger charge is -2.28. The van der Waals surface area contributed by atoms with Gasteiger partial charge in [-0.15, -0.1) is 0 Å². The molecule has 2 nitrogen and oxygen atoms in total. The van der Waals surface area contributed by atoms with Gasteiger partial charge in [0.25, 0.3) is 0 Å². The van der Waals surface area contributed by atoms with E-state index >= 15 is 0 Å². The zero-order chi connectivity index (χ0) is 7.40. The van der Waals surface area contributed by atoms with Crippen LogP contribution < -0.4 is 5.32 Å². The molecule has 0 saturated carbocycles. The van der Waals surface area contributed by atoms with E-state index in [2.05, 4.69) is 12.2 Å². The molecule has 2 unspecified atom stereocenters. The molecule has 1 aliphatic rings. The van der Waals surface area contributed by atoms with Gasteiger partial charge >= 0.3 is 0 Å². The molecular formula is C8H17NO. The normalized spacial score (nSPS) is 34.2. The van der Waals surface area contributed by atoms with E-state index in [-0.39, 0.29) is 0 Å². The molecule has 2 heteroatoms. The Morgan fingerprint density at radius 1 is 1.60 bits per heavy atom. The maximum atomic E-state index is 5.33. The molecule has 0 aromatic heterocycles. The largest absolute Gasteiger partial charge is 0.381 e. The minimum Gasteiger partial charge on any atom is -0.381 e. The molecule has 0 spiro atoms. The molecule has 0 aromatic rings. The van der Waals surface area contributed by atoms with E-state index in [0.29, 0.717) is 0 Å². The lowest BCUT2D eigenvalue weighted by atomic mass is 9.90. The molecule has 0 radical (unpaired) electrons. The van der Waals surface area contributed by atoms with Crippen LogP contribution in [0.1, 0.15) is 13.3 Å². The van der Waals surface area contributed by atoms with Gasteiger partial charge in [0.15, 0.2) is 0 Å². The van der Waals surface area contributed by atoms with Crippen LogP contribution in [-0.2, 0) is 4.74 Å². The number of rotatable bonds is 2. The summed E-state index contributed by atoms with van der Waals surface area (Å²) in [6, 6.07) is 0. The van der Waals surface area contributed by atoms with E-state index < -0.39 is 0 Å². The summed E-state index contributed by atoms with van der Waals surface area (Å²) in [5, 5.41) is 3.21. The summed E-state index contributed by atoms with van der Waals surface area (Å²) >= 11 is 0. The van der Waals surface area contributed by atoms with Crippen LogP contribution in [0.15, 0.2) is 0 Å². The molecule has 1 saturated heterocycles. The van der Waals surface area contributed by atoms with Crippen molar-refractivity contribution < 1.29 is 4.74 Å². The minimum atomic E-state index is 0.737. The second kappa shape index (κ2) is 3.94. The summed E-state index contributed by atoms with van der Waals surface area (Å²) in [7, 11) is 2.02. The van der Waals surface area contributed by atoms with Crippen LogP contribution in [0, 0.1) is 11.8 Å². The lowest BCUT2D eigenvalue weighted by molar-refractivity contribution is 0.0251. The van der Waals surface area contributed by atoms with Crippen LogP contribution in [0.5, 0.6) is 0 Å². The standard InChI is InChI=1S/C8H17NO/c1-7-6-10-4-3-8(7)5-9-2/h7-9H,3-6H2,1-2H3. The maximum Gasteiger partial charge on any atom is 0.0494 e. The summed E-state index contributed by atoms with van der Waals surface area (Å²) in [5.74, 6) is 1.57. The van der Waals surface area contributed by atoms with Crippen molar-refractivity contribution in [3.05, 3.63) is 0 Å². The highest BCUT2D eigenvalue weighted by Crippen LogP contribution is 2.19. The third-order valence-electron chi connectivity index (χ3n) is 2.28. The fraction of sp³-hybridized carbons (Fsp3) is 1.00. The monoisotopic (exact) mass is 143 g/mol. The Morgan fingerprint density at radius 3 is 3.00 bits per heavy atom. The highest BCUT2D eigenvalue weighted by molar-refractivity contribution is 4.71. The zero-order valence-electron chi connectivity index (χ0n) is 6.89. The first-order chi connectivity index (χ1) is 4.84. The van der Waals surface area contributed by atoms with E-state index in [1.807, 2.05) is 7.05 Å². The van der Waals surface area contributed by atoms with Crippen molar-refractivity contribution in [2.75, 3.05) is 26.8 Å². The SMILES string of the molecule is CNCC1CCOCC1C. The van der Waals surface area contributed by atoms with Gasteiger partial charge in [0.2, 0.25) is 0 Å². The molecule has 10 heavy (non-hydrogen) atoms. The van der Waals surface area contributed by atoms with Gasteiger partial charge in [-0.2, -0.15) is 0 Å². The first-order valence-corrected chi connectivity index (χ1v) is 4.07. The molecule has 1 rings (SSSR count). The molecule has 0 bridgehead atoms. The highest BCUT2D eigenvalue weighted by atomic mass is 16.5. The highest BCUT2D eigenvalue weighted by Gasteiger charge is 2.20. The predicted molar refractivity (Wildman–Crippen MR) is 42.0 cm³/mol. The fourth-order valence-electron chi connectivity index (χ4n) is 1.49. The van der Waals surface area contributed by atoms with Gasteiger partial charge in [-0.1, -0.05) is 6.92 Å². The third-order valence-corrected chi connectivity index (χ3v) is 2.28. The van der Waals surface area contributed by atoms with Crippen LogP contribution in [0.25, 0.3) is 0 Å². The van der Waals surface area contributed by atoms with Gasteiger partial charge < -0.3 is 10.1 Å². The summed E-state index contributed by atoms with van der Waals surface area (Å²) in [5.41, 5.74) is 0. The quantitative estimate of drug-likeness (QED) is 0.619. The Hall–Kier alpha value is -0.0800. The Balaban J connectivity index is 2.25. The van der Waals surface area contributed by atoms with Gasteiger partial charge in [-0.3, -0.25) is 0 Å². The molecule has 1 N–H and O–H groups in total. The van der Waals surface area contributed by atoms with E-state index in [9.17, 15) is 0 Å². The molecule has 0 aliphatic carbocycles. The van der Waals surface area contributed by atoms with Gasteiger partial charge in [0, 0.05) is 13.2 Å². The molecule has 0 amide bonds. The fourth-order valence-corrected chi connectivity index (χ4v) is 1.49.